The second-order valence-electron chi connectivity index (χ2n) is 6.83. The zero-order valence-corrected chi connectivity index (χ0v) is 15.4. The summed E-state index contributed by atoms with van der Waals surface area (Å²) < 4.78 is 7.15. The van der Waals surface area contributed by atoms with Crippen molar-refractivity contribution in [2.24, 2.45) is 0 Å². The number of nitrogens with zero attached hydrogens (tertiary/aromatic N) is 4. The Labute approximate surface area is 162 Å². The normalized spacial score (nSPS) is 11.2. The topological polar surface area (TPSA) is 56.7 Å². The fourth-order valence-electron chi connectivity index (χ4n) is 3.43. The zero-order chi connectivity index (χ0) is 18.9. The van der Waals surface area contributed by atoms with E-state index in [0.717, 1.165) is 34.5 Å². The van der Waals surface area contributed by atoms with E-state index in [0.29, 0.717) is 5.82 Å². The molecule has 28 heavy (non-hydrogen) atoms. The van der Waals surface area contributed by atoms with Crippen LogP contribution in [-0.2, 0) is 6.54 Å². The molecule has 0 spiro atoms. The van der Waals surface area contributed by atoms with Gasteiger partial charge in [0.1, 0.15) is 5.82 Å². The van der Waals surface area contributed by atoms with E-state index in [4.69, 9.17) is 9.51 Å². The molecule has 2 heterocycles. The fourth-order valence-corrected chi connectivity index (χ4v) is 3.43. The number of fused-ring (bicyclic) bond motifs is 1. The lowest BCUT2D eigenvalue weighted by molar-refractivity contribution is 0.419. The number of hydrogen-bond acceptors (Lipinski definition) is 4. The number of aromatic nitrogens is 4. The average molecular weight is 366 g/mol. The maximum absolute atomic E-state index is 4.92. The fraction of sp³-hybridized carbons (Fsp3) is 0.0870. The third kappa shape index (κ3) is 2.97. The second kappa shape index (κ2) is 6.78. The highest BCUT2D eigenvalue weighted by Crippen LogP contribution is 2.28. The molecule has 3 aromatic carbocycles. The molecule has 0 atom stereocenters. The molecule has 0 aliphatic carbocycles. The number of para-hydroxylation sites is 2. The van der Waals surface area contributed by atoms with Gasteiger partial charge in [-0.15, -0.1) is 0 Å². The third-order valence-electron chi connectivity index (χ3n) is 4.86. The predicted molar refractivity (Wildman–Crippen MR) is 109 cm³/mol. The summed E-state index contributed by atoms with van der Waals surface area (Å²) in [5.74, 6) is 1.50. The molecule has 0 amide bonds. The molecule has 0 saturated heterocycles. The molecule has 0 fully saturated rings. The lowest BCUT2D eigenvalue weighted by atomic mass is 10.1. The van der Waals surface area contributed by atoms with Crippen molar-refractivity contribution < 1.29 is 4.52 Å². The van der Waals surface area contributed by atoms with E-state index in [9.17, 15) is 0 Å². The Bertz CT molecular complexity index is 1240. The average Bonchev–Trinajstić information content (AvgIpc) is 3.39. The van der Waals surface area contributed by atoms with Crippen LogP contribution in [0.3, 0.4) is 0 Å². The van der Waals surface area contributed by atoms with Crippen LogP contribution < -0.4 is 0 Å². The van der Waals surface area contributed by atoms with Crippen molar-refractivity contribution in [1.29, 1.82) is 0 Å². The molecule has 5 rings (SSSR count). The number of hydrogen-bond donors (Lipinski definition) is 0. The van der Waals surface area contributed by atoms with Gasteiger partial charge in [-0.05, 0) is 30.7 Å². The molecule has 136 valence electrons. The molecule has 5 aromatic rings. The highest BCUT2D eigenvalue weighted by Gasteiger charge is 2.14. The highest BCUT2D eigenvalue weighted by molar-refractivity contribution is 5.81. The van der Waals surface area contributed by atoms with Gasteiger partial charge in [0.25, 0.3) is 0 Å². The first-order chi connectivity index (χ1) is 13.8. The molecular formula is C23H18N4O. The largest absolute Gasteiger partial charge is 0.342 e. The van der Waals surface area contributed by atoms with Crippen molar-refractivity contribution in [3.05, 3.63) is 90.3 Å². The minimum Gasteiger partial charge on any atom is -0.342 e. The molecule has 5 heteroatoms. The molecule has 0 bridgehead atoms. The van der Waals surface area contributed by atoms with E-state index in [1.807, 2.05) is 24.3 Å². The van der Waals surface area contributed by atoms with Crippen molar-refractivity contribution >= 4 is 11.0 Å². The van der Waals surface area contributed by atoms with Gasteiger partial charge in [0.2, 0.25) is 12.2 Å². The summed E-state index contributed by atoms with van der Waals surface area (Å²) in [4.78, 5) is 9.08. The van der Waals surface area contributed by atoms with Crippen LogP contribution in [0.1, 0.15) is 11.1 Å². The van der Waals surface area contributed by atoms with Crippen molar-refractivity contribution in [3.8, 4) is 22.8 Å². The quantitative estimate of drug-likeness (QED) is 0.443. The first-order valence-corrected chi connectivity index (χ1v) is 9.16. The molecule has 0 saturated carbocycles. The number of aryl methyl sites for hydroxylation is 1. The number of imidazole rings is 1. The molecule has 0 aliphatic rings. The van der Waals surface area contributed by atoms with Crippen LogP contribution in [-0.4, -0.2) is 19.7 Å². The Kier molecular flexibility index (Phi) is 3.98. The molecule has 2 aromatic heterocycles. The smallest absolute Gasteiger partial charge is 0.214 e. The van der Waals surface area contributed by atoms with Crippen LogP contribution in [0, 0.1) is 6.92 Å². The van der Waals surface area contributed by atoms with Crippen molar-refractivity contribution in [2.75, 3.05) is 0 Å². The molecule has 0 N–H and O–H groups in total. The lowest BCUT2D eigenvalue weighted by Gasteiger charge is -2.10. The van der Waals surface area contributed by atoms with Crippen molar-refractivity contribution in [3.63, 3.8) is 0 Å². The van der Waals surface area contributed by atoms with Crippen LogP contribution in [0.15, 0.2) is 83.7 Å². The van der Waals surface area contributed by atoms with Gasteiger partial charge in [0, 0.05) is 17.7 Å². The SMILES string of the molecule is Cc1ccc(Cn2c(-c3cccc(-c4ncon4)c3)nc3ccccc32)cc1. The van der Waals surface area contributed by atoms with Crippen LogP contribution >= 0.6 is 0 Å². The van der Waals surface area contributed by atoms with Crippen LogP contribution in [0.25, 0.3) is 33.8 Å². The minimum atomic E-state index is 0.572. The van der Waals surface area contributed by atoms with Gasteiger partial charge in [-0.1, -0.05) is 65.3 Å². The second-order valence-corrected chi connectivity index (χ2v) is 6.83. The van der Waals surface area contributed by atoms with E-state index in [1.54, 1.807) is 0 Å². The Balaban J connectivity index is 1.65. The van der Waals surface area contributed by atoms with Crippen molar-refractivity contribution in [1.82, 2.24) is 19.7 Å². The predicted octanol–water partition coefficient (Wildman–Crippen LogP) is 5.11. The summed E-state index contributed by atoms with van der Waals surface area (Å²) >= 11 is 0. The monoisotopic (exact) mass is 366 g/mol. The van der Waals surface area contributed by atoms with E-state index >= 15 is 0 Å². The van der Waals surface area contributed by atoms with Gasteiger partial charge in [0.15, 0.2) is 0 Å². The first kappa shape index (κ1) is 16.4. The summed E-state index contributed by atoms with van der Waals surface area (Å²) in [6, 6.07) is 25.0. The van der Waals surface area contributed by atoms with Crippen LogP contribution in [0.4, 0.5) is 0 Å². The molecule has 0 aliphatic heterocycles. The highest BCUT2D eigenvalue weighted by atomic mass is 16.5. The van der Waals surface area contributed by atoms with Crippen LogP contribution in [0.5, 0.6) is 0 Å². The van der Waals surface area contributed by atoms with Gasteiger partial charge < -0.3 is 9.09 Å². The number of benzene rings is 3. The Hall–Kier alpha value is -3.73. The lowest BCUT2D eigenvalue weighted by Crippen LogP contribution is -2.02. The first-order valence-electron chi connectivity index (χ1n) is 9.16. The summed E-state index contributed by atoms with van der Waals surface area (Å²) in [6.45, 7) is 2.85. The van der Waals surface area contributed by atoms with E-state index in [-0.39, 0.29) is 0 Å². The summed E-state index contributed by atoms with van der Waals surface area (Å²) in [7, 11) is 0. The third-order valence-corrected chi connectivity index (χ3v) is 4.86. The van der Waals surface area contributed by atoms with Gasteiger partial charge >= 0.3 is 0 Å². The van der Waals surface area contributed by atoms with E-state index < -0.39 is 0 Å². The molecule has 5 nitrogen and oxygen atoms in total. The maximum atomic E-state index is 4.92. The molecular weight excluding hydrogens is 348 g/mol. The van der Waals surface area contributed by atoms with E-state index in [2.05, 4.69) is 70.2 Å². The van der Waals surface area contributed by atoms with Gasteiger partial charge in [-0.2, -0.15) is 4.98 Å². The Morgan fingerprint density at radius 3 is 2.54 bits per heavy atom. The summed E-state index contributed by atoms with van der Waals surface area (Å²) in [5.41, 5.74) is 6.51. The van der Waals surface area contributed by atoms with Crippen molar-refractivity contribution in [2.45, 2.75) is 13.5 Å². The van der Waals surface area contributed by atoms with Gasteiger partial charge in [-0.25, -0.2) is 4.98 Å². The zero-order valence-electron chi connectivity index (χ0n) is 15.4. The Morgan fingerprint density at radius 2 is 1.71 bits per heavy atom. The van der Waals surface area contributed by atoms with Crippen LogP contribution in [0.2, 0.25) is 0 Å². The van der Waals surface area contributed by atoms with E-state index in [1.165, 1.54) is 17.5 Å². The maximum Gasteiger partial charge on any atom is 0.214 e. The standard InChI is InChI=1S/C23H18N4O/c1-16-9-11-17(12-10-16)14-27-21-8-3-2-7-20(21)25-23(27)19-6-4-5-18(13-19)22-24-15-28-26-22/h2-13,15H,14H2,1H3. The Morgan fingerprint density at radius 1 is 0.893 bits per heavy atom. The summed E-state index contributed by atoms with van der Waals surface area (Å²) in [5, 5.41) is 3.95. The van der Waals surface area contributed by atoms with Gasteiger partial charge in [-0.3, -0.25) is 0 Å². The van der Waals surface area contributed by atoms with Gasteiger partial charge in [0.05, 0.1) is 11.0 Å². The summed E-state index contributed by atoms with van der Waals surface area (Å²) in [6.07, 6.45) is 1.34. The minimum absolute atomic E-state index is 0.572. The molecule has 0 radical (unpaired) electrons. The molecule has 0 unspecified atom stereocenters. The number of rotatable bonds is 4.